The quantitative estimate of drug-likeness (QED) is 0.758. The lowest BCUT2D eigenvalue weighted by Crippen LogP contribution is -2.49. The maximum absolute atomic E-state index is 12.3. The summed E-state index contributed by atoms with van der Waals surface area (Å²) in [4.78, 5) is 16.8. The summed E-state index contributed by atoms with van der Waals surface area (Å²) in [6.07, 6.45) is 5.72. The van der Waals surface area contributed by atoms with Gasteiger partial charge in [-0.3, -0.25) is 9.69 Å². The number of morpholine rings is 1. The Balaban J connectivity index is 1.48. The second kappa shape index (κ2) is 8.08. The third-order valence-electron chi connectivity index (χ3n) is 4.63. The maximum atomic E-state index is 12.3. The molecule has 2 aliphatic rings. The van der Waals surface area contributed by atoms with Crippen LogP contribution in [0.2, 0.25) is 0 Å². The van der Waals surface area contributed by atoms with Crippen molar-refractivity contribution in [2.45, 2.75) is 18.9 Å². The Labute approximate surface area is 146 Å². The second-order valence-corrected chi connectivity index (χ2v) is 7.01. The summed E-state index contributed by atoms with van der Waals surface area (Å²) in [6.45, 7) is 5.45. The van der Waals surface area contributed by atoms with E-state index in [1.54, 1.807) is 6.08 Å². The van der Waals surface area contributed by atoms with E-state index in [-0.39, 0.29) is 5.91 Å². The van der Waals surface area contributed by atoms with Crippen molar-refractivity contribution >= 4 is 27.9 Å². The Bertz CT molecular complexity index is 545. The summed E-state index contributed by atoms with van der Waals surface area (Å²) in [5.74, 6) is 0.119. The Morgan fingerprint density at radius 1 is 1.09 bits per heavy atom. The molecule has 2 saturated heterocycles. The molecule has 2 heterocycles. The van der Waals surface area contributed by atoms with Gasteiger partial charge in [-0.25, -0.2) is 0 Å². The summed E-state index contributed by atoms with van der Waals surface area (Å²) in [6, 6.07) is 8.57. The van der Waals surface area contributed by atoms with Gasteiger partial charge in [0.05, 0.1) is 13.2 Å². The van der Waals surface area contributed by atoms with Crippen LogP contribution in [0.25, 0.3) is 6.08 Å². The number of halogens is 1. The van der Waals surface area contributed by atoms with Crippen molar-refractivity contribution in [2.24, 2.45) is 0 Å². The van der Waals surface area contributed by atoms with E-state index < -0.39 is 0 Å². The summed E-state index contributed by atoms with van der Waals surface area (Å²) >= 11 is 3.42. The van der Waals surface area contributed by atoms with Gasteiger partial charge in [-0.1, -0.05) is 28.1 Å². The van der Waals surface area contributed by atoms with Gasteiger partial charge in [0.1, 0.15) is 0 Å². The Kier molecular flexibility index (Phi) is 5.86. The third-order valence-corrected chi connectivity index (χ3v) is 5.16. The van der Waals surface area contributed by atoms with Gasteiger partial charge in [0.25, 0.3) is 0 Å². The van der Waals surface area contributed by atoms with Crippen molar-refractivity contribution < 1.29 is 9.53 Å². The Hall–Kier alpha value is -1.17. The summed E-state index contributed by atoms with van der Waals surface area (Å²) < 4.78 is 6.46. The van der Waals surface area contributed by atoms with Crippen molar-refractivity contribution in [3.63, 3.8) is 0 Å². The van der Waals surface area contributed by atoms with Crippen LogP contribution in [0.3, 0.4) is 0 Å². The first kappa shape index (κ1) is 16.7. The van der Waals surface area contributed by atoms with Crippen LogP contribution in [-0.4, -0.2) is 61.1 Å². The number of hydrogen-bond donors (Lipinski definition) is 0. The number of piperidine rings is 1. The molecule has 0 N–H and O–H groups in total. The zero-order chi connectivity index (χ0) is 16.1. The third kappa shape index (κ3) is 4.66. The molecule has 2 fully saturated rings. The first-order chi connectivity index (χ1) is 11.2. The van der Waals surface area contributed by atoms with E-state index in [1.807, 2.05) is 35.2 Å². The van der Waals surface area contributed by atoms with Crippen molar-refractivity contribution in [1.82, 2.24) is 9.80 Å². The molecular weight excluding hydrogens is 356 g/mol. The molecule has 0 unspecified atom stereocenters. The molecule has 5 heteroatoms. The van der Waals surface area contributed by atoms with Gasteiger partial charge in [0, 0.05) is 42.8 Å². The fourth-order valence-electron chi connectivity index (χ4n) is 3.24. The molecule has 0 saturated carbocycles. The highest BCUT2D eigenvalue weighted by Crippen LogP contribution is 2.18. The standard InChI is InChI=1S/C18H23BrN2O2/c19-16-4-1-15(2-5-16)3-6-18(22)21-9-7-17(8-10-21)20-11-13-23-14-12-20/h1-6,17H,7-14H2/b6-3+. The van der Waals surface area contributed by atoms with Gasteiger partial charge >= 0.3 is 0 Å². The number of benzene rings is 1. The molecule has 0 bridgehead atoms. The number of carbonyl (C=O) groups is 1. The minimum Gasteiger partial charge on any atom is -0.379 e. The normalized spacial score (nSPS) is 21.0. The minimum atomic E-state index is 0.119. The number of carbonyl (C=O) groups excluding carboxylic acids is 1. The van der Waals surface area contributed by atoms with Crippen LogP contribution in [-0.2, 0) is 9.53 Å². The van der Waals surface area contributed by atoms with E-state index in [0.717, 1.165) is 62.3 Å². The Morgan fingerprint density at radius 3 is 2.39 bits per heavy atom. The molecule has 2 aliphatic heterocycles. The maximum Gasteiger partial charge on any atom is 0.246 e. The molecule has 1 aromatic rings. The van der Waals surface area contributed by atoms with E-state index in [0.29, 0.717) is 6.04 Å². The van der Waals surface area contributed by atoms with Gasteiger partial charge in [0.15, 0.2) is 0 Å². The van der Waals surface area contributed by atoms with Crippen LogP contribution in [0.5, 0.6) is 0 Å². The van der Waals surface area contributed by atoms with Gasteiger partial charge < -0.3 is 9.64 Å². The van der Waals surface area contributed by atoms with Crippen LogP contribution in [0.1, 0.15) is 18.4 Å². The number of ether oxygens (including phenoxy) is 1. The largest absolute Gasteiger partial charge is 0.379 e. The van der Waals surface area contributed by atoms with Crippen LogP contribution >= 0.6 is 15.9 Å². The highest BCUT2D eigenvalue weighted by atomic mass is 79.9. The molecule has 3 rings (SSSR count). The average Bonchev–Trinajstić information content (AvgIpc) is 2.62. The van der Waals surface area contributed by atoms with Crippen LogP contribution < -0.4 is 0 Å². The summed E-state index contributed by atoms with van der Waals surface area (Å²) in [7, 11) is 0. The highest BCUT2D eigenvalue weighted by molar-refractivity contribution is 9.10. The van der Waals surface area contributed by atoms with Crippen molar-refractivity contribution in [3.8, 4) is 0 Å². The van der Waals surface area contributed by atoms with Gasteiger partial charge in [0.2, 0.25) is 5.91 Å². The lowest BCUT2D eigenvalue weighted by molar-refractivity contribution is -0.127. The monoisotopic (exact) mass is 378 g/mol. The molecule has 0 atom stereocenters. The van der Waals surface area contributed by atoms with Crippen LogP contribution in [0, 0.1) is 0 Å². The smallest absolute Gasteiger partial charge is 0.246 e. The summed E-state index contributed by atoms with van der Waals surface area (Å²) in [5.41, 5.74) is 1.05. The summed E-state index contributed by atoms with van der Waals surface area (Å²) in [5, 5.41) is 0. The van der Waals surface area contributed by atoms with Crippen molar-refractivity contribution in [2.75, 3.05) is 39.4 Å². The number of amides is 1. The fourth-order valence-corrected chi connectivity index (χ4v) is 3.51. The SMILES string of the molecule is O=C(/C=C/c1ccc(Br)cc1)N1CCC(N2CCOCC2)CC1. The molecule has 1 aromatic carbocycles. The van der Waals surface area contributed by atoms with Crippen molar-refractivity contribution in [1.29, 1.82) is 0 Å². The zero-order valence-corrected chi connectivity index (χ0v) is 14.9. The van der Waals surface area contributed by atoms with Crippen LogP contribution in [0.15, 0.2) is 34.8 Å². The molecule has 0 aliphatic carbocycles. The highest BCUT2D eigenvalue weighted by Gasteiger charge is 2.26. The topological polar surface area (TPSA) is 32.8 Å². The predicted octanol–water partition coefficient (Wildman–Crippen LogP) is 2.79. The second-order valence-electron chi connectivity index (χ2n) is 6.09. The van der Waals surface area contributed by atoms with E-state index in [2.05, 4.69) is 20.8 Å². The number of likely N-dealkylation sites (tertiary alicyclic amines) is 1. The number of hydrogen-bond acceptors (Lipinski definition) is 3. The van der Waals surface area contributed by atoms with E-state index >= 15 is 0 Å². The van der Waals surface area contributed by atoms with E-state index in [9.17, 15) is 4.79 Å². The first-order valence-electron chi connectivity index (χ1n) is 8.27. The molecule has 0 radical (unpaired) electrons. The molecule has 124 valence electrons. The molecule has 1 amide bonds. The zero-order valence-electron chi connectivity index (χ0n) is 13.3. The molecule has 23 heavy (non-hydrogen) atoms. The molecule has 0 aromatic heterocycles. The molecule has 4 nitrogen and oxygen atoms in total. The Morgan fingerprint density at radius 2 is 1.74 bits per heavy atom. The average molecular weight is 379 g/mol. The van der Waals surface area contributed by atoms with E-state index in [4.69, 9.17) is 4.74 Å². The first-order valence-corrected chi connectivity index (χ1v) is 9.06. The van der Waals surface area contributed by atoms with Gasteiger partial charge in [-0.05, 0) is 36.6 Å². The number of rotatable bonds is 3. The lowest BCUT2D eigenvalue weighted by Gasteiger charge is -2.39. The lowest BCUT2D eigenvalue weighted by atomic mass is 10.0. The predicted molar refractivity (Wildman–Crippen MR) is 95.2 cm³/mol. The van der Waals surface area contributed by atoms with Gasteiger partial charge in [-0.15, -0.1) is 0 Å². The molecule has 0 spiro atoms. The van der Waals surface area contributed by atoms with E-state index in [1.165, 1.54) is 0 Å². The van der Waals surface area contributed by atoms with Crippen molar-refractivity contribution in [3.05, 3.63) is 40.4 Å². The molecular formula is C18H23BrN2O2. The van der Waals surface area contributed by atoms with Gasteiger partial charge in [-0.2, -0.15) is 0 Å². The number of nitrogens with zero attached hydrogens (tertiary/aromatic N) is 2. The minimum absolute atomic E-state index is 0.119. The van der Waals surface area contributed by atoms with Crippen LogP contribution in [0.4, 0.5) is 0 Å². The fraction of sp³-hybridized carbons (Fsp3) is 0.500.